The molecule has 1 aromatic rings. The minimum Gasteiger partial charge on any atom is -0.435 e. The number of nitrogens with one attached hydrogen (secondary N) is 1. The molecule has 2 rings (SSSR count). The van der Waals surface area contributed by atoms with Gasteiger partial charge in [-0.3, -0.25) is 4.79 Å². The molecular weight excluding hydrogens is 300 g/mol. The zero-order valence-electron chi connectivity index (χ0n) is 11.5. The second-order valence-electron chi connectivity index (χ2n) is 5.15. The van der Waals surface area contributed by atoms with Crippen LogP contribution < -0.4 is 10.1 Å². The largest absolute Gasteiger partial charge is 0.435 e. The van der Waals surface area contributed by atoms with Crippen LogP contribution in [0.4, 0.5) is 8.78 Å². The standard InChI is InChI=1S/C15H18ClF2NO2/c16-13(14(20)19-11-4-2-1-3-5-11)10-6-8-12(9-7-10)21-15(17)18/h6-9,11,13,15H,1-5H2,(H,19,20). The first-order valence-corrected chi connectivity index (χ1v) is 7.49. The number of halogens is 3. The molecule has 1 saturated carbocycles. The molecule has 0 radical (unpaired) electrons. The quantitative estimate of drug-likeness (QED) is 0.833. The maximum atomic E-state index is 12.1. The molecule has 0 heterocycles. The second kappa shape index (κ2) is 7.59. The van der Waals surface area contributed by atoms with E-state index in [2.05, 4.69) is 10.1 Å². The van der Waals surface area contributed by atoms with E-state index < -0.39 is 12.0 Å². The van der Waals surface area contributed by atoms with Gasteiger partial charge in [0.05, 0.1) is 0 Å². The van der Waals surface area contributed by atoms with E-state index in [0.29, 0.717) is 5.56 Å². The van der Waals surface area contributed by atoms with Gasteiger partial charge < -0.3 is 10.1 Å². The number of amides is 1. The number of rotatable bonds is 5. The summed E-state index contributed by atoms with van der Waals surface area (Å²) in [7, 11) is 0. The summed E-state index contributed by atoms with van der Waals surface area (Å²) < 4.78 is 28.4. The van der Waals surface area contributed by atoms with Crippen LogP contribution in [0.15, 0.2) is 24.3 Å². The highest BCUT2D eigenvalue weighted by molar-refractivity contribution is 6.30. The van der Waals surface area contributed by atoms with Crippen LogP contribution in [0.1, 0.15) is 43.0 Å². The topological polar surface area (TPSA) is 38.3 Å². The van der Waals surface area contributed by atoms with Crippen LogP contribution in [0.25, 0.3) is 0 Å². The van der Waals surface area contributed by atoms with Gasteiger partial charge in [-0.1, -0.05) is 31.4 Å². The smallest absolute Gasteiger partial charge is 0.387 e. The van der Waals surface area contributed by atoms with Crippen LogP contribution in [-0.4, -0.2) is 18.6 Å². The lowest BCUT2D eigenvalue weighted by Crippen LogP contribution is -2.38. The second-order valence-corrected chi connectivity index (χ2v) is 5.59. The van der Waals surface area contributed by atoms with E-state index in [1.165, 1.54) is 30.7 Å². The highest BCUT2D eigenvalue weighted by Crippen LogP contribution is 2.25. The lowest BCUT2D eigenvalue weighted by Gasteiger charge is -2.24. The molecule has 0 aliphatic heterocycles. The SMILES string of the molecule is O=C(NC1CCCCC1)C(Cl)c1ccc(OC(F)F)cc1. The number of hydrogen-bond acceptors (Lipinski definition) is 2. The van der Waals surface area contributed by atoms with Gasteiger partial charge in [0.1, 0.15) is 11.1 Å². The first kappa shape index (κ1) is 16.0. The zero-order valence-corrected chi connectivity index (χ0v) is 12.3. The van der Waals surface area contributed by atoms with Crippen molar-refractivity contribution in [3.05, 3.63) is 29.8 Å². The van der Waals surface area contributed by atoms with Crippen LogP contribution in [0, 0.1) is 0 Å². The molecule has 21 heavy (non-hydrogen) atoms. The van der Waals surface area contributed by atoms with Gasteiger partial charge >= 0.3 is 6.61 Å². The maximum Gasteiger partial charge on any atom is 0.387 e. The Balaban J connectivity index is 1.91. The Morgan fingerprint density at radius 1 is 1.19 bits per heavy atom. The Morgan fingerprint density at radius 3 is 2.38 bits per heavy atom. The van der Waals surface area contributed by atoms with Crippen molar-refractivity contribution in [1.29, 1.82) is 0 Å². The molecule has 0 aromatic heterocycles. The highest BCUT2D eigenvalue weighted by Gasteiger charge is 2.22. The van der Waals surface area contributed by atoms with Crippen LogP contribution in [0.5, 0.6) is 5.75 Å². The van der Waals surface area contributed by atoms with Gasteiger partial charge in [-0.2, -0.15) is 8.78 Å². The van der Waals surface area contributed by atoms with E-state index in [-0.39, 0.29) is 17.7 Å². The van der Waals surface area contributed by atoms with Crippen molar-refractivity contribution in [3.63, 3.8) is 0 Å². The van der Waals surface area contributed by atoms with Crippen molar-refractivity contribution in [1.82, 2.24) is 5.32 Å². The average Bonchev–Trinajstić information content (AvgIpc) is 2.47. The minimum atomic E-state index is -2.86. The molecule has 0 bridgehead atoms. The van der Waals surface area contributed by atoms with Crippen molar-refractivity contribution in [2.45, 2.75) is 50.1 Å². The molecule has 6 heteroatoms. The van der Waals surface area contributed by atoms with Crippen LogP contribution >= 0.6 is 11.6 Å². The molecule has 0 spiro atoms. The molecule has 1 unspecified atom stereocenters. The molecular formula is C15H18ClF2NO2. The van der Waals surface area contributed by atoms with Crippen molar-refractivity contribution < 1.29 is 18.3 Å². The maximum absolute atomic E-state index is 12.1. The third-order valence-corrected chi connectivity index (χ3v) is 4.03. The van der Waals surface area contributed by atoms with Crippen LogP contribution in [-0.2, 0) is 4.79 Å². The summed E-state index contributed by atoms with van der Waals surface area (Å²) in [5, 5.41) is 2.12. The van der Waals surface area contributed by atoms with Crippen molar-refractivity contribution in [3.8, 4) is 5.75 Å². The highest BCUT2D eigenvalue weighted by atomic mass is 35.5. The summed E-state index contributed by atoms with van der Waals surface area (Å²) in [4.78, 5) is 12.1. The van der Waals surface area contributed by atoms with Crippen molar-refractivity contribution in [2.75, 3.05) is 0 Å². The fourth-order valence-corrected chi connectivity index (χ4v) is 2.70. The Morgan fingerprint density at radius 2 is 1.81 bits per heavy atom. The molecule has 1 fully saturated rings. The van der Waals surface area contributed by atoms with Crippen molar-refractivity contribution in [2.24, 2.45) is 0 Å². The first-order valence-electron chi connectivity index (χ1n) is 7.05. The predicted molar refractivity (Wildman–Crippen MR) is 76.7 cm³/mol. The summed E-state index contributed by atoms with van der Waals surface area (Å²) in [6.07, 6.45) is 5.42. The van der Waals surface area contributed by atoms with Crippen molar-refractivity contribution >= 4 is 17.5 Å². The lowest BCUT2D eigenvalue weighted by molar-refractivity contribution is -0.121. The van der Waals surface area contributed by atoms with Gasteiger partial charge in [-0.15, -0.1) is 11.6 Å². The van der Waals surface area contributed by atoms with Crippen LogP contribution in [0.3, 0.4) is 0 Å². The fraction of sp³-hybridized carbons (Fsp3) is 0.533. The van der Waals surface area contributed by atoms with Gasteiger partial charge in [0.25, 0.3) is 0 Å². The molecule has 1 aliphatic rings. The number of carbonyl (C=O) groups excluding carboxylic acids is 1. The summed E-state index contributed by atoms with van der Waals surface area (Å²) >= 11 is 6.13. The predicted octanol–water partition coefficient (Wildman–Crippen LogP) is 4.02. The summed E-state index contributed by atoms with van der Waals surface area (Å²) in [5.74, 6) is -0.198. The summed E-state index contributed by atoms with van der Waals surface area (Å²) in [6.45, 7) is -2.86. The van der Waals surface area contributed by atoms with E-state index in [1.54, 1.807) is 0 Å². The van der Waals surface area contributed by atoms with E-state index in [1.807, 2.05) is 0 Å². The van der Waals surface area contributed by atoms with Gasteiger partial charge in [-0.25, -0.2) is 0 Å². The number of benzene rings is 1. The molecule has 1 aliphatic carbocycles. The number of ether oxygens (including phenoxy) is 1. The normalized spacial score (nSPS) is 17.5. The number of hydrogen-bond donors (Lipinski definition) is 1. The molecule has 1 N–H and O–H groups in total. The number of alkyl halides is 3. The minimum absolute atomic E-state index is 0.0466. The monoisotopic (exact) mass is 317 g/mol. The molecule has 1 amide bonds. The molecule has 0 saturated heterocycles. The average molecular weight is 318 g/mol. The van der Waals surface area contributed by atoms with Gasteiger partial charge in [0, 0.05) is 6.04 Å². The zero-order chi connectivity index (χ0) is 15.2. The molecule has 1 aromatic carbocycles. The van der Waals surface area contributed by atoms with E-state index in [4.69, 9.17) is 11.6 Å². The molecule has 3 nitrogen and oxygen atoms in total. The lowest BCUT2D eigenvalue weighted by atomic mass is 9.95. The Hall–Kier alpha value is -1.36. The summed E-state index contributed by atoms with van der Waals surface area (Å²) in [5.41, 5.74) is 0.562. The van der Waals surface area contributed by atoms with E-state index in [9.17, 15) is 13.6 Å². The number of carbonyl (C=O) groups is 1. The van der Waals surface area contributed by atoms with Crippen LogP contribution in [0.2, 0.25) is 0 Å². The molecule has 116 valence electrons. The Kier molecular flexibility index (Phi) is 5.79. The third-order valence-electron chi connectivity index (χ3n) is 3.58. The Labute approximate surface area is 127 Å². The van der Waals surface area contributed by atoms with Gasteiger partial charge in [0.15, 0.2) is 0 Å². The first-order chi connectivity index (χ1) is 10.1. The van der Waals surface area contributed by atoms with Gasteiger partial charge in [0.2, 0.25) is 5.91 Å². The van der Waals surface area contributed by atoms with E-state index in [0.717, 1.165) is 25.7 Å². The summed E-state index contributed by atoms with van der Waals surface area (Å²) in [6, 6.07) is 6.00. The fourth-order valence-electron chi connectivity index (χ4n) is 2.49. The third kappa shape index (κ3) is 4.84. The Bertz CT molecular complexity index is 461. The van der Waals surface area contributed by atoms with E-state index >= 15 is 0 Å². The molecule has 1 atom stereocenters. The van der Waals surface area contributed by atoms with Gasteiger partial charge in [-0.05, 0) is 30.5 Å².